The zero-order valence-electron chi connectivity index (χ0n) is 12.7. The molecule has 1 aromatic rings. The van der Waals surface area contributed by atoms with Gasteiger partial charge in [-0.3, -0.25) is 24.3 Å². The van der Waals surface area contributed by atoms with Gasteiger partial charge in [0.15, 0.2) is 11.5 Å². The number of H-pyrrole nitrogens is 1. The van der Waals surface area contributed by atoms with Gasteiger partial charge in [0, 0.05) is 20.4 Å². The average molecular weight is 309 g/mol. The second-order valence-corrected chi connectivity index (χ2v) is 5.04. The van der Waals surface area contributed by atoms with Crippen LogP contribution in [0, 0.1) is 0 Å². The first-order chi connectivity index (χ1) is 10.3. The number of hydrogen-bond donors (Lipinski definition) is 3. The molecule has 2 heterocycles. The van der Waals surface area contributed by atoms with E-state index in [0.29, 0.717) is 13.0 Å². The normalized spacial score (nSPS) is 18.1. The van der Waals surface area contributed by atoms with Gasteiger partial charge >= 0.3 is 5.97 Å². The molecule has 1 aromatic heterocycles. The maximum Gasteiger partial charge on any atom is 0.302 e. The van der Waals surface area contributed by atoms with E-state index in [1.807, 2.05) is 6.92 Å². The Morgan fingerprint density at radius 3 is 2.73 bits per heavy atom. The SMILES string of the molecule is CCC(OC(C)=O)C1CNc2nc(N)[nH]c(=O)c2N1C(C)=O. The number of carbonyl (C=O) groups excluding carboxylic acids is 2. The lowest BCUT2D eigenvalue weighted by atomic mass is 10.0. The van der Waals surface area contributed by atoms with E-state index in [1.54, 1.807) is 0 Å². The van der Waals surface area contributed by atoms with Crippen molar-refractivity contribution < 1.29 is 14.3 Å². The number of aromatic amines is 1. The fourth-order valence-corrected chi connectivity index (χ4v) is 2.63. The van der Waals surface area contributed by atoms with Gasteiger partial charge in [-0.15, -0.1) is 0 Å². The van der Waals surface area contributed by atoms with Crippen LogP contribution in [0.3, 0.4) is 0 Å². The third-order valence-electron chi connectivity index (χ3n) is 3.45. The number of nitrogens with one attached hydrogen (secondary N) is 2. The van der Waals surface area contributed by atoms with E-state index in [4.69, 9.17) is 10.5 Å². The highest BCUT2D eigenvalue weighted by Gasteiger charge is 2.38. The van der Waals surface area contributed by atoms with Crippen molar-refractivity contribution in [2.45, 2.75) is 39.3 Å². The first kappa shape index (κ1) is 15.8. The number of esters is 1. The van der Waals surface area contributed by atoms with Crippen LogP contribution in [-0.4, -0.2) is 40.5 Å². The number of ether oxygens (including phenoxy) is 1. The molecule has 1 aliphatic rings. The van der Waals surface area contributed by atoms with Crippen LogP contribution in [0.15, 0.2) is 4.79 Å². The highest BCUT2D eigenvalue weighted by molar-refractivity contribution is 5.96. The summed E-state index contributed by atoms with van der Waals surface area (Å²) >= 11 is 0. The predicted octanol–water partition coefficient (Wildman–Crippen LogP) is -0.159. The van der Waals surface area contributed by atoms with Gasteiger partial charge in [-0.05, 0) is 6.42 Å². The van der Waals surface area contributed by atoms with Crippen LogP contribution in [0.5, 0.6) is 0 Å². The number of carbonyl (C=O) groups is 2. The molecule has 0 fully saturated rings. The van der Waals surface area contributed by atoms with Crippen molar-refractivity contribution in [2.24, 2.45) is 0 Å². The molecule has 2 atom stereocenters. The Morgan fingerprint density at radius 2 is 2.18 bits per heavy atom. The number of nitrogen functional groups attached to an aromatic ring is 1. The lowest BCUT2D eigenvalue weighted by Gasteiger charge is -2.39. The first-order valence-electron chi connectivity index (χ1n) is 6.95. The Kier molecular flexibility index (Phi) is 4.34. The van der Waals surface area contributed by atoms with Crippen LogP contribution in [0.1, 0.15) is 27.2 Å². The number of anilines is 3. The topological polar surface area (TPSA) is 130 Å². The lowest BCUT2D eigenvalue weighted by molar-refractivity contribution is -0.148. The molecule has 4 N–H and O–H groups in total. The molecule has 120 valence electrons. The second kappa shape index (κ2) is 6.04. The van der Waals surface area contributed by atoms with Crippen LogP contribution in [-0.2, 0) is 14.3 Å². The van der Waals surface area contributed by atoms with E-state index in [2.05, 4.69) is 15.3 Å². The molecule has 0 saturated heterocycles. The molecular weight excluding hydrogens is 290 g/mol. The number of amides is 1. The Balaban J connectivity index is 2.49. The number of fused-ring (bicyclic) bond motifs is 1. The van der Waals surface area contributed by atoms with Crippen molar-refractivity contribution in [3.8, 4) is 0 Å². The fourth-order valence-electron chi connectivity index (χ4n) is 2.63. The number of nitrogens with two attached hydrogens (primary N) is 1. The predicted molar refractivity (Wildman–Crippen MR) is 80.6 cm³/mol. The van der Waals surface area contributed by atoms with Gasteiger partial charge < -0.3 is 15.8 Å². The molecule has 0 aliphatic carbocycles. The highest BCUT2D eigenvalue weighted by Crippen LogP contribution is 2.29. The molecular formula is C13H19N5O4. The number of hydrogen-bond acceptors (Lipinski definition) is 7. The Bertz CT molecular complexity index is 656. The van der Waals surface area contributed by atoms with Crippen LogP contribution in [0.4, 0.5) is 17.5 Å². The van der Waals surface area contributed by atoms with Gasteiger partial charge in [0.2, 0.25) is 11.9 Å². The molecule has 0 radical (unpaired) electrons. The summed E-state index contributed by atoms with van der Waals surface area (Å²) in [6, 6.07) is -0.495. The Hall–Kier alpha value is -2.58. The fraction of sp³-hybridized carbons (Fsp3) is 0.538. The van der Waals surface area contributed by atoms with Crippen molar-refractivity contribution in [3.05, 3.63) is 10.4 Å². The molecule has 9 heteroatoms. The summed E-state index contributed by atoms with van der Waals surface area (Å²) in [6.45, 7) is 4.79. The third-order valence-corrected chi connectivity index (χ3v) is 3.45. The van der Waals surface area contributed by atoms with E-state index in [9.17, 15) is 14.4 Å². The largest absolute Gasteiger partial charge is 0.460 e. The van der Waals surface area contributed by atoms with E-state index in [-0.39, 0.29) is 23.4 Å². The van der Waals surface area contributed by atoms with Gasteiger partial charge in [-0.25, -0.2) is 0 Å². The summed E-state index contributed by atoms with van der Waals surface area (Å²) in [7, 11) is 0. The Morgan fingerprint density at radius 1 is 1.50 bits per heavy atom. The molecule has 1 amide bonds. The number of rotatable bonds is 3. The first-order valence-corrected chi connectivity index (χ1v) is 6.95. The van der Waals surface area contributed by atoms with Crippen molar-refractivity contribution in [2.75, 3.05) is 22.5 Å². The molecule has 0 spiro atoms. The number of aromatic nitrogens is 2. The molecule has 0 bridgehead atoms. The van der Waals surface area contributed by atoms with Crippen LogP contribution in [0.25, 0.3) is 0 Å². The smallest absolute Gasteiger partial charge is 0.302 e. The van der Waals surface area contributed by atoms with Crippen LogP contribution >= 0.6 is 0 Å². The molecule has 0 aromatic carbocycles. The summed E-state index contributed by atoms with van der Waals surface area (Å²) in [4.78, 5) is 43.2. The van der Waals surface area contributed by atoms with Crippen molar-refractivity contribution >= 4 is 29.3 Å². The van der Waals surface area contributed by atoms with Gasteiger partial charge in [0.25, 0.3) is 5.56 Å². The molecule has 0 saturated carbocycles. The van der Waals surface area contributed by atoms with E-state index in [1.165, 1.54) is 18.7 Å². The highest BCUT2D eigenvalue weighted by atomic mass is 16.5. The van der Waals surface area contributed by atoms with Gasteiger partial charge in [0.1, 0.15) is 6.10 Å². The summed E-state index contributed by atoms with van der Waals surface area (Å²) in [5, 5.41) is 2.97. The molecule has 2 unspecified atom stereocenters. The van der Waals surface area contributed by atoms with Gasteiger partial charge in [0.05, 0.1) is 6.04 Å². The lowest BCUT2D eigenvalue weighted by Crippen LogP contribution is -2.55. The molecule has 9 nitrogen and oxygen atoms in total. The summed E-state index contributed by atoms with van der Waals surface area (Å²) in [5.41, 5.74) is 5.08. The zero-order valence-corrected chi connectivity index (χ0v) is 12.7. The van der Waals surface area contributed by atoms with E-state index >= 15 is 0 Å². The number of nitrogens with zero attached hydrogens (tertiary/aromatic N) is 2. The minimum atomic E-state index is -0.529. The van der Waals surface area contributed by atoms with E-state index < -0.39 is 23.7 Å². The second-order valence-electron chi connectivity index (χ2n) is 5.04. The van der Waals surface area contributed by atoms with Gasteiger partial charge in [-0.1, -0.05) is 6.92 Å². The minimum Gasteiger partial charge on any atom is -0.460 e. The maximum atomic E-state index is 12.2. The zero-order chi connectivity index (χ0) is 16.4. The van der Waals surface area contributed by atoms with Crippen LogP contribution < -0.4 is 21.5 Å². The average Bonchev–Trinajstić information content (AvgIpc) is 2.43. The summed E-state index contributed by atoms with van der Waals surface area (Å²) in [5.74, 6) is -0.573. The standard InChI is InChI=1S/C13H19N5O4/c1-4-9(22-7(3)20)8-5-15-11-10(18(8)6(2)19)12(21)17-13(14)16-11/h8-9H,4-5H2,1-3H3,(H4,14,15,16,17,21). The summed E-state index contributed by atoms with van der Waals surface area (Å²) in [6.07, 6.45) is -0.0234. The van der Waals surface area contributed by atoms with E-state index in [0.717, 1.165) is 0 Å². The molecule has 22 heavy (non-hydrogen) atoms. The summed E-state index contributed by atoms with van der Waals surface area (Å²) < 4.78 is 5.27. The molecule has 2 rings (SSSR count). The van der Waals surface area contributed by atoms with Crippen molar-refractivity contribution in [3.63, 3.8) is 0 Å². The molecule has 1 aliphatic heterocycles. The minimum absolute atomic E-state index is 0.0368. The van der Waals surface area contributed by atoms with Crippen molar-refractivity contribution in [1.82, 2.24) is 9.97 Å². The van der Waals surface area contributed by atoms with Crippen LogP contribution in [0.2, 0.25) is 0 Å². The third kappa shape index (κ3) is 2.87. The maximum absolute atomic E-state index is 12.2. The van der Waals surface area contributed by atoms with Crippen molar-refractivity contribution in [1.29, 1.82) is 0 Å². The Labute approximate surface area is 126 Å². The van der Waals surface area contributed by atoms with Gasteiger partial charge in [-0.2, -0.15) is 4.98 Å². The quantitative estimate of drug-likeness (QED) is 0.661. The monoisotopic (exact) mass is 309 g/mol.